The van der Waals surface area contributed by atoms with E-state index < -0.39 is 10.0 Å². The molecule has 2 aliphatic carbocycles. The van der Waals surface area contributed by atoms with Crippen LogP contribution in [0.3, 0.4) is 0 Å². The number of nitrogens with one attached hydrogen (secondary N) is 1. The monoisotopic (exact) mass is 597 g/mol. The van der Waals surface area contributed by atoms with Crippen LogP contribution in [-0.2, 0) is 14.8 Å². The van der Waals surface area contributed by atoms with Crippen LogP contribution in [0, 0.1) is 5.92 Å². The van der Waals surface area contributed by atoms with Gasteiger partial charge in [0.2, 0.25) is 21.8 Å². The molecule has 11 heteroatoms. The molecule has 1 saturated heterocycles. The van der Waals surface area contributed by atoms with E-state index in [1.54, 1.807) is 29.6 Å². The Morgan fingerprint density at radius 3 is 2.34 bits per heavy atom. The molecule has 1 N–H and O–H groups in total. The first-order chi connectivity index (χ1) is 19.9. The number of rotatable bonds is 9. The number of sulfonamides is 1. The number of anilines is 1. The summed E-state index contributed by atoms with van der Waals surface area (Å²) in [6.07, 6.45) is 10.4. The Morgan fingerprint density at radius 2 is 1.66 bits per heavy atom. The van der Waals surface area contributed by atoms with Crippen molar-refractivity contribution in [3.05, 3.63) is 42.0 Å². The van der Waals surface area contributed by atoms with E-state index in [2.05, 4.69) is 20.2 Å². The Hall–Kier alpha value is -2.60. The van der Waals surface area contributed by atoms with Gasteiger partial charge in [0.15, 0.2) is 5.13 Å². The van der Waals surface area contributed by atoms with Crippen LogP contribution in [0.25, 0.3) is 10.3 Å². The van der Waals surface area contributed by atoms with Crippen LogP contribution in [0.15, 0.2) is 41.3 Å². The van der Waals surface area contributed by atoms with Crippen LogP contribution in [0.5, 0.6) is 5.88 Å². The van der Waals surface area contributed by atoms with Gasteiger partial charge in [-0.1, -0.05) is 62.0 Å². The van der Waals surface area contributed by atoms with E-state index in [-0.39, 0.29) is 11.8 Å². The number of methoxy groups -OCH3 is 1. The van der Waals surface area contributed by atoms with Crippen molar-refractivity contribution < 1.29 is 17.9 Å². The van der Waals surface area contributed by atoms with Crippen LogP contribution in [0.1, 0.15) is 69.3 Å². The molecule has 3 aromatic rings. The molecular formula is C30H39N5O4S2. The van der Waals surface area contributed by atoms with E-state index in [0.29, 0.717) is 51.3 Å². The number of carbonyl (C=O) groups excluding carboxylic acids is 1. The molecule has 1 atom stereocenters. The number of hydrogen-bond donors (Lipinski definition) is 1. The standard InChI is InChI=1S/C30H39N5O4S2/c1-39-27-15-14-26-29(32-27)40-30(31-26)33-28(36)25(20-21-6-2-3-7-21)22-10-12-24(13-11-22)41(37,38)35-18-16-34(17-19-35)23-8-4-5-9-23/h10-15,21,23,25H,2-9,16-20H2,1H3,(H,31,33,36). The second-order valence-electron chi connectivity index (χ2n) is 11.6. The van der Waals surface area contributed by atoms with Gasteiger partial charge in [0.1, 0.15) is 10.3 Å². The molecule has 0 radical (unpaired) electrons. The average Bonchev–Trinajstić information content (AvgIpc) is 3.78. The third-order valence-corrected chi connectivity index (χ3v) is 11.9. The highest BCUT2D eigenvalue weighted by Gasteiger charge is 2.33. The minimum Gasteiger partial charge on any atom is -0.481 e. The van der Waals surface area contributed by atoms with E-state index in [0.717, 1.165) is 37.9 Å². The van der Waals surface area contributed by atoms with Gasteiger partial charge in [0.05, 0.1) is 17.9 Å². The summed E-state index contributed by atoms with van der Waals surface area (Å²) in [6, 6.07) is 11.2. The maximum Gasteiger partial charge on any atom is 0.243 e. The van der Waals surface area contributed by atoms with Gasteiger partial charge in [-0.05, 0) is 48.9 Å². The summed E-state index contributed by atoms with van der Waals surface area (Å²) >= 11 is 1.32. The Bertz CT molecular complexity index is 1460. The van der Waals surface area contributed by atoms with Gasteiger partial charge in [-0.25, -0.2) is 18.4 Å². The molecule has 220 valence electrons. The first kappa shape index (κ1) is 28.5. The molecule has 3 aliphatic rings. The molecule has 2 saturated carbocycles. The zero-order chi connectivity index (χ0) is 28.4. The first-order valence-electron chi connectivity index (χ1n) is 14.9. The fourth-order valence-electron chi connectivity index (χ4n) is 6.73. The molecule has 1 unspecified atom stereocenters. The van der Waals surface area contributed by atoms with Crippen LogP contribution in [0.2, 0.25) is 0 Å². The second kappa shape index (κ2) is 12.3. The van der Waals surface area contributed by atoms with E-state index in [9.17, 15) is 13.2 Å². The van der Waals surface area contributed by atoms with E-state index >= 15 is 0 Å². The molecule has 9 nitrogen and oxygen atoms in total. The van der Waals surface area contributed by atoms with Gasteiger partial charge in [0.25, 0.3) is 0 Å². The number of ether oxygens (including phenoxy) is 1. The van der Waals surface area contributed by atoms with Crippen molar-refractivity contribution in [2.75, 3.05) is 38.6 Å². The lowest BCUT2D eigenvalue weighted by atomic mass is 9.87. The number of hydrogen-bond acceptors (Lipinski definition) is 8. The highest BCUT2D eigenvalue weighted by molar-refractivity contribution is 7.89. The highest BCUT2D eigenvalue weighted by atomic mass is 32.2. The topological polar surface area (TPSA) is 105 Å². The summed E-state index contributed by atoms with van der Waals surface area (Å²) in [4.78, 5) is 26.1. The smallest absolute Gasteiger partial charge is 0.243 e. The number of aromatic nitrogens is 2. The highest BCUT2D eigenvalue weighted by Crippen LogP contribution is 2.36. The van der Waals surface area contributed by atoms with Gasteiger partial charge in [-0.3, -0.25) is 9.69 Å². The van der Waals surface area contributed by atoms with Gasteiger partial charge < -0.3 is 10.1 Å². The van der Waals surface area contributed by atoms with Crippen molar-refractivity contribution in [2.45, 2.75) is 74.6 Å². The van der Waals surface area contributed by atoms with Gasteiger partial charge in [-0.15, -0.1) is 0 Å². The van der Waals surface area contributed by atoms with Crippen molar-refractivity contribution in [1.29, 1.82) is 0 Å². The minimum absolute atomic E-state index is 0.124. The van der Waals surface area contributed by atoms with Gasteiger partial charge in [0, 0.05) is 38.3 Å². The molecule has 6 rings (SSSR count). The maximum absolute atomic E-state index is 13.6. The molecule has 3 fully saturated rings. The summed E-state index contributed by atoms with van der Waals surface area (Å²) < 4.78 is 33.8. The number of fused-ring (bicyclic) bond motifs is 1. The summed E-state index contributed by atoms with van der Waals surface area (Å²) in [5, 5.41) is 3.52. The lowest BCUT2D eigenvalue weighted by Gasteiger charge is -2.37. The Kier molecular flexibility index (Phi) is 8.57. The third kappa shape index (κ3) is 6.28. The molecule has 1 amide bonds. The quantitative estimate of drug-likeness (QED) is 0.359. The second-order valence-corrected chi connectivity index (χ2v) is 14.5. The summed E-state index contributed by atoms with van der Waals surface area (Å²) in [5.74, 6) is 0.469. The number of carbonyl (C=O) groups is 1. The predicted molar refractivity (Wildman–Crippen MR) is 161 cm³/mol. The van der Waals surface area contributed by atoms with Crippen LogP contribution in [-0.4, -0.2) is 72.8 Å². The molecule has 1 aliphatic heterocycles. The number of benzene rings is 1. The molecule has 41 heavy (non-hydrogen) atoms. The number of pyridine rings is 1. The van der Waals surface area contributed by atoms with Gasteiger partial charge >= 0.3 is 0 Å². The van der Waals surface area contributed by atoms with E-state index in [1.807, 2.05) is 18.2 Å². The minimum atomic E-state index is -3.58. The summed E-state index contributed by atoms with van der Waals surface area (Å²) in [7, 11) is -2.01. The molecule has 0 bridgehead atoms. The van der Waals surface area contributed by atoms with Crippen molar-refractivity contribution in [3.8, 4) is 5.88 Å². The Balaban J connectivity index is 1.17. The lowest BCUT2D eigenvalue weighted by molar-refractivity contribution is -0.118. The average molecular weight is 598 g/mol. The zero-order valence-electron chi connectivity index (χ0n) is 23.6. The molecule has 1 aromatic carbocycles. The molecule has 0 spiro atoms. The summed E-state index contributed by atoms with van der Waals surface area (Å²) in [5.41, 5.74) is 1.54. The lowest BCUT2D eigenvalue weighted by Crippen LogP contribution is -2.51. The zero-order valence-corrected chi connectivity index (χ0v) is 25.3. The predicted octanol–water partition coefficient (Wildman–Crippen LogP) is 5.25. The molecule has 3 heterocycles. The molecule has 2 aromatic heterocycles. The van der Waals surface area contributed by atoms with Crippen molar-refractivity contribution in [1.82, 2.24) is 19.2 Å². The number of piperazine rings is 1. The number of nitrogens with zero attached hydrogens (tertiary/aromatic N) is 4. The number of amides is 1. The fraction of sp³-hybridized carbons (Fsp3) is 0.567. The molecular weight excluding hydrogens is 558 g/mol. The van der Waals surface area contributed by atoms with Crippen LogP contribution >= 0.6 is 11.3 Å². The van der Waals surface area contributed by atoms with Crippen LogP contribution < -0.4 is 10.1 Å². The summed E-state index contributed by atoms with van der Waals surface area (Å²) in [6.45, 7) is 2.63. The van der Waals surface area contributed by atoms with Crippen molar-refractivity contribution >= 4 is 42.7 Å². The fourth-order valence-corrected chi connectivity index (χ4v) is 8.99. The van der Waals surface area contributed by atoms with E-state index in [1.165, 1.54) is 49.9 Å². The normalized spacial score (nSPS) is 20.5. The number of thiazole rings is 1. The Labute approximate surface area is 246 Å². The van der Waals surface area contributed by atoms with Crippen molar-refractivity contribution in [2.24, 2.45) is 5.92 Å². The van der Waals surface area contributed by atoms with E-state index in [4.69, 9.17) is 4.74 Å². The Morgan fingerprint density at radius 1 is 0.976 bits per heavy atom. The van der Waals surface area contributed by atoms with Gasteiger partial charge in [-0.2, -0.15) is 4.31 Å². The largest absolute Gasteiger partial charge is 0.481 e. The SMILES string of the molecule is COc1ccc2nc(NC(=O)C(CC3CCCC3)c3ccc(S(=O)(=O)N4CCN(C5CCCC5)CC4)cc3)sc2n1. The maximum atomic E-state index is 13.6. The van der Waals surface area contributed by atoms with Crippen molar-refractivity contribution in [3.63, 3.8) is 0 Å². The first-order valence-corrected chi connectivity index (χ1v) is 17.1. The van der Waals surface area contributed by atoms with Crippen LogP contribution in [0.4, 0.5) is 5.13 Å². The third-order valence-electron chi connectivity index (χ3n) is 9.06.